The molecule has 0 amide bonds. The van der Waals surface area contributed by atoms with E-state index < -0.39 is 0 Å². The molecule has 3 rings (SSSR count). The molecule has 23 heavy (non-hydrogen) atoms. The van der Waals surface area contributed by atoms with E-state index in [9.17, 15) is 5.11 Å². The normalized spacial score (nSPS) is 16.0. The zero-order chi connectivity index (χ0) is 16.2. The van der Waals surface area contributed by atoms with Gasteiger partial charge in [0.1, 0.15) is 6.61 Å². The molecule has 2 heterocycles. The second-order valence-corrected chi connectivity index (χ2v) is 5.06. The Balaban J connectivity index is 1.84. The molecule has 0 aliphatic carbocycles. The maximum Gasteiger partial charge on any atom is 0.213 e. The van der Waals surface area contributed by atoms with E-state index in [2.05, 4.69) is 4.98 Å². The van der Waals surface area contributed by atoms with Crippen molar-refractivity contribution in [1.29, 1.82) is 0 Å². The number of aliphatic hydroxyl groups excluding tert-OH is 1. The van der Waals surface area contributed by atoms with E-state index in [1.54, 1.807) is 25.4 Å². The molecule has 1 aromatic carbocycles. The van der Waals surface area contributed by atoms with Gasteiger partial charge in [-0.15, -0.1) is 0 Å². The van der Waals surface area contributed by atoms with E-state index in [0.717, 1.165) is 5.56 Å². The molecule has 1 unspecified atom stereocenters. The van der Waals surface area contributed by atoms with Crippen LogP contribution in [0.1, 0.15) is 24.2 Å². The summed E-state index contributed by atoms with van der Waals surface area (Å²) in [5.41, 5.74) is 1.61. The van der Waals surface area contributed by atoms with Crippen LogP contribution in [0.2, 0.25) is 0 Å². The molecule has 0 saturated heterocycles. The molecule has 6 heteroatoms. The fraction of sp³-hybridized carbons (Fsp3) is 0.353. The fourth-order valence-corrected chi connectivity index (χ4v) is 2.42. The summed E-state index contributed by atoms with van der Waals surface area (Å²) in [6.07, 6.45) is 1.44. The molecule has 1 atom stereocenters. The first-order valence-corrected chi connectivity index (χ1v) is 7.45. The van der Waals surface area contributed by atoms with Gasteiger partial charge in [-0.25, -0.2) is 4.98 Å². The van der Waals surface area contributed by atoms with Gasteiger partial charge in [0.15, 0.2) is 17.6 Å². The van der Waals surface area contributed by atoms with Crippen LogP contribution in [0.3, 0.4) is 0 Å². The minimum atomic E-state index is -0.278. The lowest BCUT2D eigenvalue weighted by atomic mass is 10.1. The molecule has 0 saturated carbocycles. The van der Waals surface area contributed by atoms with Gasteiger partial charge in [-0.1, -0.05) is 0 Å². The number of ether oxygens (including phenoxy) is 4. The Morgan fingerprint density at radius 2 is 2.22 bits per heavy atom. The molecule has 2 aromatic rings. The van der Waals surface area contributed by atoms with Gasteiger partial charge in [0.05, 0.1) is 20.3 Å². The van der Waals surface area contributed by atoms with Crippen molar-refractivity contribution < 1.29 is 24.1 Å². The Hall–Kier alpha value is -2.47. The third-order valence-electron chi connectivity index (χ3n) is 3.56. The summed E-state index contributed by atoms with van der Waals surface area (Å²) in [7, 11) is 1.56. The Kier molecular flexibility index (Phi) is 4.52. The van der Waals surface area contributed by atoms with Crippen molar-refractivity contribution >= 4 is 0 Å². The maximum absolute atomic E-state index is 9.29. The predicted octanol–water partition coefficient (Wildman–Crippen LogP) is 2.49. The van der Waals surface area contributed by atoms with Crippen LogP contribution in [0, 0.1) is 0 Å². The molecular formula is C17H19NO5. The molecule has 0 radical (unpaired) electrons. The minimum absolute atomic E-state index is 0.0841. The van der Waals surface area contributed by atoms with Crippen molar-refractivity contribution in [3.8, 4) is 23.1 Å². The Morgan fingerprint density at radius 3 is 2.87 bits per heavy atom. The molecule has 122 valence electrons. The number of rotatable bonds is 5. The van der Waals surface area contributed by atoms with Crippen LogP contribution < -0.4 is 18.9 Å². The zero-order valence-corrected chi connectivity index (χ0v) is 13.1. The van der Waals surface area contributed by atoms with Gasteiger partial charge in [-0.05, 0) is 30.7 Å². The summed E-state index contributed by atoms with van der Waals surface area (Å²) in [4.78, 5) is 4.25. The molecule has 0 fully saturated rings. The lowest BCUT2D eigenvalue weighted by Crippen LogP contribution is -2.22. The summed E-state index contributed by atoms with van der Waals surface area (Å²) >= 11 is 0. The Labute approximate surface area is 134 Å². The third kappa shape index (κ3) is 3.17. The predicted molar refractivity (Wildman–Crippen MR) is 83.2 cm³/mol. The van der Waals surface area contributed by atoms with Gasteiger partial charge >= 0.3 is 0 Å². The first-order valence-electron chi connectivity index (χ1n) is 7.45. The number of nitrogens with zero attached hydrogens (tertiary/aromatic N) is 1. The molecule has 1 N–H and O–H groups in total. The summed E-state index contributed by atoms with van der Waals surface area (Å²) in [5.74, 6) is 2.23. The monoisotopic (exact) mass is 317 g/mol. The van der Waals surface area contributed by atoms with Gasteiger partial charge in [-0.2, -0.15) is 0 Å². The highest BCUT2D eigenvalue weighted by atomic mass is 16.6. The number of pyridine rings is 1. The van der Waals surface area contributed by atoms with Crippen LogP contribution in [-0.4, -0.2) is 30.4 Å². The third-order valence-corrected chi connectivity index (χ3v) is 3.56. The average Bonchev–Trinajstić information content (AvgIpc) is 2.61. The lowest BCUT2D eigenvalue weighted by molar-refractivity contribution is 0.0864. The van der Waals surface area contributed by atoms with Crippen LogP contribution in [0.4, 0.5) is 0 Å². The van der Waals surface area contributed by atoms with Crippen molar-refractivity contribution in [2.45, 2.75) is 19.6 Å². The molecule has 6 nitrogen and oxygen atoms in total. The zero-order valence-electron chi connectivity index (χ0n) is 13.1. The van der Waals surface area contributed by atoms with E-state index in [-0.39, 0.29) is 12.7 Å². The molecular weight excluding hydrogens is 298 g/mol. The highest BCUT2D eigenvalue weighted by Crippen LogP contribution is 2.44. The number of hydrogen-bond donors (Lipinski definition) is 1. The van der Waals surface area contributed by atoms with E-state index >= 15 is 0 Å². The summed E-state index contributed by atoms with van der Waals surface area (Å²) < 4.78 is 22.5. The number of benzene rings is 1. The summed E-state index contributed by atoms with van der Waals surface area (Å²) in [6, 6.07) is 7.21. The van der Waals surface area contributed by atoms with Crippen LogP contribution in [0.5, 0.6) is 23.1 Å². The van der Waals surface area contributed by atoms with Gasteiger partial charge in [-0.3, -0.25) is 0 Å². The fourth-order valence-electron chi connectivity index (χ4n) is 2.42. The van der Waals surface area contributed by atoms with E-state index in [1.807, 2.05) is 19.1 Å². The quantitative estimate of drug-likeness (QED) is 0.913. The van der Waals surface area contributed by atoms with Gasteiger partial charge < -0.3 is 24.1 Å². The lowest BCUT2D eigenvalue weighted by Gasteiger charge is -2.28. The number of aromatic nitrogens is 1. The van der Waals surface area contributed by atoms with Gasteiger partial charge in [0.2, 0.25) is 11.6 Å². The smallest absolute Gasteiger partial charge is 0.213 e. The molecule has 0 bridgehead atoms. The number of fused-ring (bicyclic) bond motifs is 1. The van der Waals surface area contributed by atoms with Gasteiger partial charge in [0.25, 0.3) is 0 Å². The van der Waals surface area contributed by atoms with E-state index in [4.69, 9.17) is 18.9 Å². The van der Waals surface area contributed by atoms with Crippen LogP contribution >= 0.6 is 0 Å². The average molecular weight is 317 g/mol. The number of aliphatic hydroxyl groups is 1. The summed E-state index contributed by atoms with van der Waals surface area (Å²) in [5, 5.41) is 9.29. The van der Waals surface area contributed by atoms with Crippen LogP contribution in [0.25, 0.3) is 0 Å². The largest absolute Gasteiger partial charge is 0.493 e. The molecule has 0 spiro atoms. The highest BCUT2D eigenvalue weighted by Gasteiger charge is 2.26. The second-order valence-electron chi connectivity index (χ2n) is 5.06. The number of methoxy groups -OCH3 is 1. The molecule has 1 aliphatic heterocycles. The SMILES string of the molecule is CCOc1ccc(C2COc3cc(CO)cc(OC)c3O2)cn1. The van der Waals surface area contributed by atoms with Crippen LogP contribution in [-0.2, 0) is 6.61 Å². The van der Waals surface area contributed by atoms with Crippen molar-refractivity contribution in [3.63, 3.8) is 0 Å². The maximum atomic E-state index is 9.29. The van der Waals surface area contributed by atoms with Gasteiger partial charge in [0, 0.05) is 17.8 Å². The Bertz CT molecular complexity index is 654. The number of hydrogen-bond acceptors (Lipinski definition) is 6. The van der Waals surface area contributed by atoms with Crippen LogP contribution in [0.15, 0.2) is 30.5 Å². The second kappa shape index (κ2) is 6.75. The minimum Gasteiger partial charge on any atom is -0.493 e. The first kappa shape index (κ1) is 15.4. The topological polar surface area (TPSA) is 70.0 Å². The van der Waals surface area contributed by atoms with E-state index in [1.165, 1.54) is 0 Å². The Morgan fingerprint density at radius 1 is 1.35 bits per heavy atom. The van der Waals surface area contributed by atoms with Crippen molar-refractivity contribution in [2.75, 3.05) is 20.3 Å². The summed E-state index contributed by atoms with van der Waals surface area (Å²) in [6.45, 7) is 2.77. The standard InChI is InChI=1S/C17H19NO5/c1-3-21-16-5-4-12(8-18-16)15-10-22-14-7-11(9-19)6-13(20-2)17(14)23-15/h4-8,15,19H,3,9-10H2,1-2H3. The van der Waals surface area contributed by atoms with Crippen molar-refractivity contribution in [2.24, 2.45) is 0 Å². The van der Waals surface area contributed by atoms with Crippen molar-refractivity contribution in [3.05, 3.63) is 41.6 Å². The molecule has 1 aromatic heterocycles. The van der Waals surface area contributed by atoms with Crippen molar-refractivity contribution in [1.82, 2.24) is 4.98 Å². The first-order chi connectivity index (χ1) is 11.2. The molecule has 1 aliphatic rings. The highest BCUT2D eigenvalue weighted by molar-refractivity contribution is 5.54. The van der Waals surface area contributed by atoms with E-state index in [0.29, 0.717) is 41.9 Å².